The number of aryl methyl sites for hydroxylation is 1. The monoisotopic (exact) mass is 286 g/mol. The molecule has 0 aliphatic heterocycles. The lowest BCUT2D eigenvalue weighted by Crippen LogP contribution is -2.01. The van der Waals surface area contributed by atoms with Gasteiger partial charge in [0.05, 0.1) is 11.0 Å². The molecular weight excluding hydrogens is 272 g/mol. The lowest BCUT2D eigenvalue weighted by molar-refractivity contribution is 0.793. The van der Waals surface area contributed by atoms with Crippen molar-refractivity contribution in [1.29, 1.82) is 0 Å². The summed E-state index contributed by atoms with van der Waals surface area (Å²) in [6.45, 7) is 3.41. The maximum absolute atomic E-state index is 6.03. The molecule has 0 aliphatic rings. The van der Waals surface area contributed by atoms with E-state index in [0.29, 0.717) is 11.6 Å². The second-order valence-corrected chi connectivity index (χ2v) is 5.00. The lowest BCUT2D eigenvalue weighted by Gasteiger charge is -2.06. The Labute approximate surface area is 122 Å². The fourth-order valence-corrected chi connectivity index (χ4v) is 2.46. The Kier molecular flexibility index (Phi) is 3.42. The fourth-order valence-electron chi connectivity index (χ4n) is 2.30. The van der Waals surface area contributed by atoms with E-state index in [9.17, 15) is 0 Å². The Morgan fingerprint density at radius 2 is 2.10 bits per heavy atom. The first kappa shape index (κ1) is 13.1. The minimum atomic E-state index is 0.493. The molecule has 0 spiro atoms. The van der Waals surface area contributed by atoms with E-state index in [-0.39, 0.29) is 0 Å². The van der Waals surface area contributed by atoms with E-state index in [4.69, 9.17) is 17.3 Å². The van der Waals surface area contributed by atoms with E-state index in [1.165, 1.54) is 0 Å². The number of hydrogen-bond donors (Lipinski definition) is 1. The molecule has 0 bridgehead atoms. The Morgan fingerprint density at radius 3 is 2.75 bits per heavy atom. The molecule has 2 aromatic heterocycles. The highest BCUT2D eigenvalue weighted by atomic mass is 35.5. The van der Waals surface area contributed by atoms with Crippen molar-refractivity contribution < 1.29 is 0 Å². The van der Waals surface area contributed by atoms with Crippen LogP contribution in [0.25, 0.3) is 22.6 Å². The van der Waals surface area contributed by atoms with Crippen LogP contribution in [-0.4, -0.2) is 14.5 Å². The Morgan fingerprint density at radius 1 is 1.25 bits per heavy atom. The predicted octanol–water partition coefficient (Wildman–Crippen LogP) is 3.23. The summed E-state index contributed by atoms with van der Waals surface area (Å²) in [4.78, 5) is 9.10. The summed E-state index contributed by atoms with van der Waals surface area (Å²) in [6, 6.07) is 9.69. The van der Waals surface area contributed by atoms with Gasteiger partial charge in [-0.1, -0.05) is 17.7 Å². The zero-order chi connectivity index (χ0) is 14.1. The number of nitrogens with zero attached hydrogens (tertiary/aromatic N) is 3. The topological polar surface area (TPSA) is 56.7 Å². The number of fused-ring (bicyclic) bond motifs is 1. The summed E-state index contributed by atoms with van der Waals surface area (Å²) in [7, 11) is 0. The van der Waals surface area contributed by atoms with E-state index >= 15 is 0 Å². The highest BCUT2D eigenvalue weighted by molar-refractivity contribution is 6.31. The van der Waals surface area contributed by atoms with Gasteiger partial charge in [-0.2, -0.15) is 0 Å². The minimum absolute atomic E-state index is 0.493. The summed E-state index contributed by atoms with van der Waals surface area (Å²) >= 11 is 6.03. The molecule has 3 aromatic rings. The second kappa shape index (κ2) is 5.23. The molecule has 0 unspecified atom stereocenters. The first-order chi connectivity index (χ1) is 9.72. The predicted molar refractivity (Wildman–Crippen MR) is 81.5 cm³/mol. The fraction of sp³-hybridized carbons (Fsp3) is 0.200. The summed E-state index contributed by atoms with van der Waals surface area (Å²) < 4.78 is 2.14. The average molecular weight is 287 g/mol. The molecule has 0 radical (unpaired) electrons. The normalized spacial score (nSPS) is 11.2. The van der Waals surface area contributed by atoms with Crippen LogP contribution in [0.5, 0.6) is 0 Å². The van der Waals surface area contributed by atoms with Crippen LogP contribution in [0, 0.1) is 0 Å². The van der Waals surface area contributed by atoms with E-state index in [0.717, 1.165) is 34.7 Å². The van der Waals surface area contributed by atoms with Gasteiger partial charge in [-0.25, -0.2) is 4.98 Å². The zero-order valence-electron chi connectivity index (χ0n) is 11.2. The van der Waals surface area contributed by atoms with Gasteiger partial charge in [0.2, 0.25) is 0 Å². The Bertz CT molecular complexity index is 746. The first-order valence-corrected chi connectivity index (χ1v) is 6.92. The van der Waals surface area contributed by atoms with Crippen molar-refractivity contribution in [3.8, 4) is 11.5 Å². The van der Waals surface area contributed by atoms with Gasteiger partial charge in [0.25, 0.3) is 0 Å². The molecule has 1 aromatic carbocycles. The van der Waals surface area contributed by atoms with Gasteiger partial charge in [0, 0.05) is 24.3 Å². The van der Waals surface area contributed by atoms with Gasteiger partial charge < -0.3 is 10.3 Å². The highest BCUT2D eigenvalue weighted by Crippen LogP contribution is 2.25. The Balaban J connectivity index is 2.18. The highest BCUT2D eigenvalue weighted by Gasteiger charge is 2.12. The molecule has 2 N–H and O–H groups in total. The summed E-state index contributed by atoms with van der Waals surface area (Å²) in [5.41, 5.74) is 9.41. The number of hydrogen-bond acceptors (Lipinski definition) is 3. The number of halogens is 1. The third-order valence-corrected chi connectivity index (χ3v) is 3.55. The second-order valence-electron chi connectivity index (χ2n) is 4.57. The van der Waals surface area contributed by atoms with Crippen LogP contribution in [0.15, 0.2) is 36.5 Å². The van der Waals surface area contributed by atoms with Crippen molar-refractivity contribution in [1.82, 2.24) is 14.5 Å². The van der Waals surface area contributed by atoms with Gasteiger partial charge in [-0.05, 0) is 36.8 Å². The maximum atomic E-state index is 6.03. The molecule has 0 fully saturated rings. The van der Waals surface area contributed by atoms with Crippen LogP contribution >= 0.6 is 11.6 Å². The maximum Gasteiger partial charge on any atom is 0.159 e. The average Bonchev–Trinajstić information content (AvgIpc) is 2.84. The van der Waals surface area contributed by atoms with Crippen LogP contribution in [0.2, 0.25) is 5.02 Å². The van der Waals surface area contributed by atoms with Crippen LogP contribution in [0.3, 0.4) is 0 Å². The van der Waals surface area contributed by atoms with Gasteiger partial charge in [-0.3, -0.25) is 4.98 Å². The molecule has 0 saturated heterocycles. The van der Waals surface area contributed by atoms with Crippen molar-refractivity contribution in [2.24, 2.45) is 5.73 Å². The molecular formula is C15H15ClN4. The number of benzene rings is 1. The van der Waals surface area contributed by atoms with Gasteiger partial charge >= 0.3 is 0 Å². The van der Waals surface area contributed by atoms with Gasteiger partial charge in [0.1, 0.15) is 5.69 Å². The standard InChI is InChI=1S/C15H15ClN4/c1-2-20-14-6-4-11(16)7-13(14)19-15(20)12-5-3-10(8-17)9-18-12/h3-7,9H,2,8,17H2,1H3. The van der Waals surface area contributed by atoms with Gasteiger partial charge in [-0.15, -0.1) is 0 Å². The third kappa shape index (κ3) is 2.17. The lowest BCUT2D eigenvalue weighted by atomic mass is 10.2. The first-order valence-electron chi connectivity index (χ1n) is 6.54. The minimum Gasteiger partial charge on any atom is -0.326 e. The van der Waals surface area contributed by atoms with Crippen molar-refractivity contribution in [2.75, 3.05) is 0 Å². The molecule has 0 aliphatic carbocycles. The van der Waals surface area contributed by atoms with E-state index in [1.54, 1.807) is 6.20 Å². The molecule has 4 nitrogen and oxygen atoms in total. The quantitative estimate of drug-likeness (QED) is 0.804. The summed E-state index contributed by atoms with van der Waals surface area (Å²) in [5, 5.41) is 0.691. The van der Waals surface area contributed by atoms with Crippen LogP contribution in [0.4, 0.5) is 0 Å². The van der Waals surface area contributed by atoms with Crippen molar-refractivity contribution in [3.63, 3.8) is 0 Å². The van der Waals surface area contributed by atoms with Crippen LogP contribution < -0.4 is 5.73 Å². The van der Waals surface area contributed by atoms with Crippen LogP contribution in [-0.2, 0) is 13.1 Å². The van der Waals surface area contributed by atoms with Gasteiger partial charge in [0.15, 0.2) is 5.82 Å². The molecule has 0 saturated carbocycles. The Hall–Kier alpha value is -1.91. The number of aromatic nitrogens is 3. The number of rotatable bonds is 3. The molecule has 3 rings (SSSR count). The largest absolute Gasteiger partial charge is 0.326 e. The smallest absolute Gasteiger partial charge is 0.159 e. The number of imidazole rings is 1. The molecule has 0 atom stereocenters. The number of nitrogens with two attached hydrogens (primary N) is 1. The van der Waals surface area contributed by atoms with Crippen LogP contribution in [0.1, 0.15) is 12.5 Å². The molecule has 102 valence electrons. The van der Waals surface area contributed by atoms with Crippen molar-refractivity contribution >= 4 is 22.6 Å². The third-order valence-electron chi connectivity index (χ3n) is 3.32. The van der Waals surface area contributed by atoms with E-state index < -0.39 is 0 Å². The summed E-state index contributed by atoms with van der Waals surface area (Å²) in [6.07, 6.45) is 1.79. The van der Waals surface area contributed by atoms with Crippen molar-refractivity contribution in [2.45, 2.75) is 20.0 Å². The molecule has 20 heavy (non-hydrogen) atoms. The summed E-state index contributed by atoms with van der Waals surface area (Å²) in [5.74, 6) is 0.855. The SMILES string of the molecule is CCn1c(-c2ccc(CN)cn2)nc2cc(Cl)ccc21. The molecule has 0 amide bonds. The zero-order valence-corrected chi connectivity index (χ0v) is 11.9. The molecule has 5 heteroatoms. The van der Waals surface area contributed by atoms with E-state index in [2.05, 4.69) is 21.5 Å². The van der Waals surface area contributed by atoms with Crippen molar-refractivity contribution in [3.05, 3.63) is 47.1 Å². The number of pyridine rings is 1. The van der Waals surface area contributed by atoms with E-state index in [1.807, 2.05) is 30.3 Å². The molecule has 2 heterocycles.